The van der Waals surface area contributed by atoms with Crippen LogP contribution in [0.25, 0.3) is 0 Å². The van der Waals surface area contributed by atoms with Crippen molar-refractivity contribution >= 4 is 17.3 Å². The maximum atomic E-state index is 10.1. The van der Waals surface area contributed by atoms with Gasteiger partial charge in [0.2, 0.25) is 0 Å². The lowest BCUT2D eigenvalue weighted by Gasteiger charge is -1.99. The Bertz CT molecular complexity index is 275. The summed E-state index contributed by atoms with van der Waals surface area (Å²) in [6.45, 7) is 0. The first kappa shape index (κ1) is 8.01. The molecule has 0 aliphatic carbocycles. The highest BCUT2D eigenvalue weighted by molar-refractivity contribution is 6.33. The van der Waals surface area contributed by atoms with Gasteiger partial charge in [-0.05, 0) is 17.3 Å². The van der Waals surface area contributed by atoms with Gasteiger partial charge >= 0.3 is 0 Å². The first-order valence-corrected chi connectivity index (χ1v) is 3.32. The van der Waals surface area contributed by atoms with E-state index < -0.39 is 0 Å². The standard InChI is InChI=1S/C7H6ClNO2/c1-11-5-2-3-6(8)7(4-5)9-10/h2-4H,1H3. The van der Waals surface area contributed by atoms with Gasteiger partial charge in [0, 0.05) is 6.07 Å². The third-order valence-corrected chi connectivity index (χ3v) is 1.57. The quantitative estimate of drug-likeness (QED) is 0.642. The first-order valence-electron chi connectivity index (χ1n) is 2.95. The minimum absolute atomic E-state index is 0.200. The Kier molecular flexibility index (Phi) is 2.44. The molecule has 0 heterocycles. The van der Waals surface area contributed by atoms with E-state index in [0.717, 1.165) is 0 Å². The van der Waals surface area contributed by atoms with Crippen LogP contribution in [0.15, 0.2) is 23.4 Å². The molecule has 0 aromatic heterocycles. The average Bonchev–Trinajstić information content (AvgIpc) is 2.05. The van der Waals surface area contributed by atoms with Gasteiger partial charge in [-0.2, -0.15) is 0 Å². The van der Waals surface area contributed by atoms with Gasteiger partial charge in [0.25, 0.3) is 0 Å². The highest BCUT2D eigenvalue weighted by Crippen LogP contribution is 2.28. The van der Waals surface area contributed by atoms with Crippen LogP contribution >= 0.6 is 11.6 Å². The molecular weight excluding hydrogens is 166 g/mol. The lowest BCUT2D eigenvalue weighted by molar-refractivity contribution is 0.415. The Labute approximate surface area is 68.9 Å². The monoisotopic (exact) mass is 171 g/mol. The van der Waals surface area contributed by atoms with Gasteiger partial charge in [0.15, 0.2) is 0 Å². The summed E-state index contributed by atoms with van der Waals surface area (Å²) in [5.74, 6) is 0.573. The second kappa shape index (κ2) is 3.34. The molecule has 0 aliphatic heterocycles. The summed E-state index contributed by atoms with van der Waals surface area (Å²) in [6.07, 6.45) is 0. The summed E-state index contributed by atoms with van der Waals surface area (Å²) in [5.41, 5.74) is 0.200. The van der Waals surface area contributed by atoms with E-state index in [1.54, 1.807) is 12.1 Å². The molecule has 0 unspecified atom stereocenters. The van der Waals surface area contributed by atoms with Gasteiger partial charge < -0.3 is 4.74 Å². The molecule has 0 N–H and O–H groups in total. The van der Waals surface area contributed by atoms with E-state index in [4.69, 9.17) is 16.3 Å². The number of nitroso groups, excluding NO2 is 1. The van der Waals surface area contributed by atoms with Crippen LogP contribution in [-0.2, 0) is 0 Å². The number of methoxy groups -OCH3 is 1. The number of hydrogen-bond donors (Lipinski definition) is 0. The van der Waals surface area contributed by atoms with Gasteiger partial charge in [-0.25, -0.2) is 0 Å². The second-order valence-electron chi connectivity index (χ2n) is 1.91. The van der Waals surface area contributed by atoms with Crippen molar-refractivity contribution in [2.24, 2.45) is 5.18 Å². The number of nitrogens with zero attached hydrogens (tertiary/aromatic N) is 1. The van der Waals surface area contributed by atoms with Crippen molar-refractivity contribution in [2.75, 3.05) is 7.11 Å². The van der Waals surface area contributed by atoms with Crippen LogP contribution in [0, 0.1) is 4.91 Å². The lowest BCUT2D eigenvalue weighted by atomic mass is 10.3. The zero-order chi connectivity index (χ0) is 8.27. The summed E-state index contributed by atoms with van der Waals surface area (Å²) in [6, 6.07) is 4.71. The summed E-state index contributed by atoms with van der Waals surface area (Å²) >= 11 is 5.60. The highest BCUT2D eigenvalue weighted by atomic mass is 35.5. The van der Waals surface area contributed by atoms with Crippen LogP contribution in [0.5, 0.6) is 5.75 Å². The molecule has 1 aromatic carbocycles. The fraction of sp³-hybridized carbons (Fsp3) is 0.143. The molecule has 1 aromatic rings. The summed E-state index contributed by atoms with van der Waals surface area (Å²) in [5, 5.41) is 3.05. The zero-order valence-corrected chi connectivity index (χ0v) is 6.63. The Morgan fingerprint density at radius 1 is 1.55 bits per heavy atom. The van der Waals surface area contributed by atoms with Crippen LogP contribution in [0.4, 0.5) is 5.69 Å². The van der Waals surface area contributed by atoms with Gasteiger partial charge in [-0.3, -0.25) is 0 Å². The molecule has 0 aliphatic rings. The van der Waals surface area contributed by atoms with Crippen molar-refractivity contribution in [3.63, 3.8) is 0 Å². The Hall–Kier alpha value is -1.09. The summed E-state index contributed by atoms with van der Waals surface area (Å²) in [4.78, 5) is 10.1. The molecule has 3 nitrogen and oxygen atoms in total. The van der Waals surface area contributed by atoms with E-state index >= 15 is 0 Å². The molecule has 0 bridgehead atoms. The molecule has 1 rings (SSSR count). The van der Waals surface area contributed by atoms with Gasteiger partial charge in [-0.15, -0.1) is 4.91 Å². The predicted molar refractivity (Wildman–Crippen MR) is 43.5 cm³/mol. The number of rotatable bonds is 2. The third-order valence-electron chi connectivity index (χ3n) is 1.25. The molecule has 0 spiro atoms. The van der Waals surface area contributed by atoms with E-state index in [9.17, 15) is 4.91 Å². The fourth-order valence-electron chi connectivity index (χ4n) is 0.689. The predicted octanol–water partition coefficient (Wildman–Crippen LogP) is 2.75. The smallest absolute Gasteiger partial charge is 0.130 e. The normalized spacial score (nSPS) is 9.27. The zero-order valence-electron chi connectivity index (χ0n) is 5.87. The van der Waals surface area contributed by atoms with Crippen LogP contribution in [0.3, 0.4) is 0 Å². The van der Waals surface area contributed by atoms with E-state index in [1.165, 1.54) is 13.2 Å². The van der Waals surface area contributed by atoms with E-state index in [-0.39, 0.29) is 5.69 Å². The Morgan fingerprint density at radius 3 is 2.82 bits per heavy atom. The molecule has 4 heteroatoms. The van der Waals surface area contributed by atoms with Gasteiger partial charge in [0.1, 0.15) is 11.4 Å². The maximum absolute atomic E-state index is 10.1. The van der Waals surface area contributed by atoms with Gasteiger partial charge in [0.05, 0.1) is 12.1 Å². The summed E-state index contributed by atoms with van der Waals surface area (Å²) in [7, 11) is 1.51. The number of hydrogen-bond acceptors (Lipinski definition) is 3. The largest absolute Gasteiger partial charge is 0.497 e. The van der Waals surface area contributed by atoms with Crippen LogP contribution < -0.4 is 4.74 Å². The number of benzene rings is 1. The maximum Gasteiger partial charge on any atom is 0.130 e. The van der Waals surface area contributed by atoms with Crippen molar-refractivity contribution < 1.29 is 4.74 Å². The number of halogens is 1. The van der Waals surface area contributed by atoms with E-state index in [1.807, 2.05) is 0 Å². The molecule has 0 atom stereocenters. The topological polar surface area (TPSA) is 38.7 Å². The van der Waals surface area contributed by atoms with Crippen LogP contribution in [0.2, 0.25) is 5.02 Å². The molecule has 0 fully saturated rings. The van der Waals surface area contributed by atoms with Crippen molar-refractivity contribution in [2.45, 2.75) is 0 Å². The molecule has 58 valence electrons. The number of ether oxygens (including phenoxy) is 1. The highest BCUT2D eigenvalue weighted by Gasteiger charge is 2.00. The second-order valence-corrected chi connectivity index (χ2v) is 2.32. The van der Waals surface area contributed by atoms with Crippen molar-refractivity contribution in [1.82, 2.24) is 0 Å². The van der Waals surface area contributed by atoms with Crippen molar-refractivity contribution in [3.05, 3.63) is 28.1 Å². The van der Waals surface area contributed by atoms with Crippen molar-refractivity contribution in [1.29, 1.82) is 0 Å². The molecule has 0 saturated heterocycles. The van der Waals surface area contributed by atoms with E-state index in [0.29, 0.717) is 10.8 Å². The Morgan fingerprint density at radius 2 is 2.27 bits per heavy atom. The molecule has 11 heavy (non-hydrogen) atoms. The van der Waals surface area contributed by atoms with Crippen LogP contribution in [0.1, 0.15) is 0 Å². The SMILES string of the molecule is COc1ccc(Cl)c(N=O)c1. The Balaban J connectivity index is 3.12. The summed E-state index contributed by atoms with van der Waals surface area (Å²) < 4.78 is 4.85. The first-order chi connectivity index (χ1) is 5.27. The minimum Gasteiger partial charge on any atom is -0.497 e. The molecule has 0 saturated carbocycles. The molecular formula is C7H6ClNO2. The van der Waals surface area contributed by atoms with Gasteiger partial charge in [-0.1, -0.05) is 11.6 Å². The van der Waals surface area contributed by atoms with Crippen LogP contribution in [-0.4, -0.2) is 7.11 Å². The van der Waals surface area contributed by atoms with Crippen molar-refractivity contribution in [3.8, 4) is 5.75 Å². The minimum atomic E-state index is 0.200. The molecule has 0 amide bonds. The third kappa shape index (κ3) is 1.68. The lowest BCUT2D eigenvalue weighted by Crippen LogP contribution is -1.80. The fourth-order valence-corrected chi connectivity index (χ4v) is 0.841. The average molecular weight is 172 g/mol. The molecule has 0 radical (unpaired) electrons. The van der Waals surface area contributed by atoms with E-state index in [2.05, 4.69) is 5.18 Å².